The van der Waals surface area contributed by atoms with Gasteiger partial charge in [0.1, 0.15) is 5.69 Å². The molecule has 0 saturated carbocycles. The van der Waals surface area contributed by atoms with Crippen molar-refractivity contribution >= 4 is 23.2 Å². The molecule has 2 heterocycles. The fourth-order valence-electron chi connectivity index (χ4n) is 1.75. The molecule has 0 aliphatic carbocycles. The molecule has 0 saturated heterocycles. The van der Waals surface area contributed by atoms with E-state index in [0.29, 0.717) is 12.2 Å². The highest BCUT2D eigenvalue weighted by Gasteiger charge is 2.13. The smallest absolute Gasteiger partial charge is 0.337 e. The van der Waals surface area contributed by atoms with Crippen LogP contribution in [0.2, 0.25) is 0 Å². The zero-order valence-electron chi connectivity index (χ0n) is 11.1. The van der Waals surface area contributed by atoms with Gasteiger partial charge in [0, 0.05) is 4.88 Å². The largest absolute Gasteiger partial charge is 0.478 e. The van der Waals surface area contributed by atoms with Crippen molar-refractivity contribution in [1.29, 1.82) is 0 Å². The lowest BCUT2D eigenvalue weighted by molar-refractivity contribution is 0.0694. The number of rotatable bonds is 4. The summed E-state index contributed by atoms with van der Waals surface area (Å²) in [6, 6.07) is 4.82. The van der Waals surface area contributed by atoms with E-state index in [1.807, 2.05) is 18.4 Å². The van der Waals surface area contributed by atoms with Gasteiger partial charge in [-0.2, -0.15) is 0 Å². The number of aromatic nitrogens is 1. The summed E-state index contributed by atoms with van der Waals surface area (Å²) in [4.78, 5) is 28.0. The van der Waals surface area contributed by atoms with Gasteiger partial charge >= 0.3 is 5.97 Å². The summed E-state index contributed by atoms with van der Waals surface area (Å²) in [5.74, 6) is -1.35. The van der Waals surface area contributed by atoms with Crippen LogP contribution in [0.25, 0.3) is 0 Å². The highest BCUT2D eigenvalue weighted by Crippen LogP contribution is 2.15. The first kappa shape index (κ1) is 14.2. The predicted molar refractivity (Wildman–Crippen MR) is 76.2 cm³/mol. The zero-order chi connectivity index (χ0) is 14.7. The van der Waals surface area contributed by atoms with E-state index < -0.39 is 5.97 Å². The van der Waals surface area contributed by atoms with Gasteiger partial charge in [0.15, 0.2) is 0 Å². The van der Waals surface area contributed by atoms with Gasteiger partial charge in [0.05, 0.1) is 17.8 Å². The highest BCUT2D eigenvalue weighted by atomic mass is 32.1. The lowest BCUT2D eigenvalue weighted by Gasteiger charge is -2.06. The molecule has 104 valence electrons. The number of hydrogen-bond acceptors (Lipinski definition) is 4. The van der Waals surface area contributed by atoms with Crippen molar-refractivity contribution in [3.63, 3.8) is 0 Å². The Morgan fingerprint density at radius 2 is 2.05 bits per heavy atom. The predicted octanol–water partition coefficient (Wildman–Crippen LogP) is 2.39. The van der Waals surface area contributed by atoms with E-state index in [2.05, 4.69) is 10.3 Å². The molecule has 0 unspecified atom stereocenters. The van der Waals surface area contributed by atoms with Crippen LogP contribution in [-0.4, -0.2) is 22.0 Å². The van der Waals surface area contributed by atoms with Crippen molar-refractivity contribution in [2.24, 2.45) is 0 Å². The van der Waals surface area contributed by atoms with Crippen molar-refractivity contribution < 1.29 is 14.7 Å². The quantitative estimate of drug-likeness (QED) is 0.906. The monoisotopic (exact) mass is 290 g/mol. The first-order valence-electron chi connectivity index (χ1n) is 6.01. The van der Waals surface area contributed by atoms with Crippen LogP contribution >= 0.6 is 11.3 Å². The molecule has 2 rings (SSSR count). The second-order valence-corrected chi connectivity index (χ2v) is 5.34. The van der Waals surface area contributed by atoms with Crippen LogP contribution in [0.3, 0.4) is 0 Å². The van der Waals surface area contributed by atoms with E-state index >= 15 is 0 Å². The number of thiophene rings is 1. The Balaban J connectivity index is 2.08. The molecule has 0 atom stereocenters. The number of amides is 1. The van der Waals surface area contributed by atoms with Crippen LogP contribution in [0, 0.1) is 13.8 Å². The fourth-order valence-corrected chi connectivity index (χ4v) is 2.60. The summed E-state index contributed by atoms with van der Waals surface area (Å²) in [6.45, 7) is 4.01. The molecule has 0 aliphatic rings. The summed E-state index contributed by atoms with van der Waals surface area (Å²) >= 11 is 1.58. The van der Waals surface area contributed by atoms with Crippen molar-refractivity contribution in [2.75, 3.05) is 0 Å². The average Bonchev–Trinajstić information content (AvgIpc) is 2.81. The molecule has 20 heavy (non-hydrogen) atoms. The van der Waals surface area contributed by atoms with Gasteiger partial charge in [0.2, 0.25) is 0 Å². The normalized spacial score (nSPS) is 10.3. The Hall–Kier alpha value is -2.21. The highest BCUT2D eigenvalue weighted by molar-refractivity contribution is 7.10. The van der Waals surface area contributed by atoms with Crippen LogP contribution in [0.1, 0.15) is 37.0 Å². The number of nitrogens with zero attached hydrogens (tertiary/aromatic N) is 1. The Bertz CT molecular complexity index is 664. The standard InChI is InChI=1S/C14H14N2O3S/c1-8-5-6-20-12(8)7-15-13(17)11-4-3-10(14(18)19)9(2)16-11/h3-6H,7H2,1-2H3,(H,15,17)(H,18,19). The van der Waals surface area contributed by atoms with E-state index in [4.69, 9.17) is 5.11 Å². The van der Waals surface area contributed by atoms with Crippen LogP contribution < -0.4 is 5.32 Å². The van der Waals surface area contributed by atoms with Crippen molar-refractivity contribution in [1.82, 2.24) is 10.3 Å². The second-order valence-electron chi connectivity index (χ2n) is 4.34. The van der Waals surface area contributed by atoms with Crippen molar-refractivity contribution in [3.8, 4) is 0 Å². The first-order valence-corrected chi connectivity index (χ1v) is 6.89. The molecule has 6 heteroatoms. The number of aryl methyl sites for hydroxylation is 2. The maximum Gasteiger partial charge on any atom is 0.337 e. The minimum Gasteiger partial charge on any atom is -0.478 e. The van der Waals surface area contributed by atoms with Crippen LogP contribution in [0.4, 0.5) is 0 Å². The topological polar surface area (TPSA) is 79.3 Å². The summed E-state index contributed by atoms with van der Waals surface area (Å²) < 4.78 is 0. The minimum atomic E-state index is -1.05. The third-order valence-electron chi connectivity index (χ3n) is 2.93. The molecule has 0 radical (unpaired) electrons. The molecule has 1 amide bonds. The molecule has 0 aromatic carbocycles. The van der Waals surface area contributed by atoms with E-state index in [0.717, 1.165) is 10.4 Å². The van der Waals surface area contributed by atoms with Gasteiger partial charge in [0.25, 0.3) is 5.91 Å². The molecule has 2 aromatic heterocycles. The maximum absolute atomic E-state index is 12.0. The van der Waals surface area contributed by atoms with E-state index in [1.54, 1.807) is 18.3 Å². The van der Waals surface area contributed by atoms with Gasteiger partial charge in [-0.05, 0) is 43.0 Å². The molecule has 0 fully saturated rings. The summed E-state index contributed by atoms with van der Waals surface area (Å²) in [6.07, 6.45) is 0. The molecule has 0 aliphatic heterocycles. The maximum atomic E-state index is 12.0. The summed E-state index contributed by atoms with van der Waals surface area (Å²) in [5, 5.41) is 13.7. The molecular weight excluding hydrogens is 276 g/mol. The molecule has 0 spiro atoms. The number of carboxylic acids is 1. The Morgan fingerprint density at radius 1 is 1.30 bits per heavy atom. The lowest BCUT2D eigenvalue weighted by Crippen LogP contribution is -2.24. The number of carbonyl (C=O) groups is 2. The number of pyridine rings is 1. The average molecular weight is 290 g/mol. The first-order chi connectivity index (χ1) is 9.49. The van der Waals surface area contributed by atoms with E-state index in [9.17, 15) is 9.59 Å². The molecule has 0 bridgehead atoms. The van der Waals surface area contributed by atoms with Crippen molar-refractivity contribution in [3.05, 3.63) is 51.0 Å². The number of aromatic carboxylic acids is 1. The summed E-state index contributed by atoms with van der Waals surface area (Å²) in [5.41, 5.74) is 1.80. The third kappa shape index (κ3) is 3.03. The van der Waals surface area contributed by atoms with Crippen LogP contribution in [0.15, 0.2) is 23.6 Å². The lowest BCUT2D eigenvalue weighted by atomic mass is 10.2. The van der Waals surface area contributed by atoms with E-state index in [1.165, 1.54) is 12.1 Å². The number of carbonyl (C=O) groups excluding carboxylic acids is 1. The Labute approximate surface area is 120 Å². The minimum absolute atomic E-state index is 0.107. The SMILES string of the molecule is Cc1ccsc1CNC(=O)c1ccc(C(=O)O)c(C)n1. The molecule has 2 N–H and O–H groups in total. The van der Waals surface area contributed by atoms with Gasteiger partial charge in [-0.1, -0.05) is 0 Å². The number of nitrogens with one attached hydrogen (secondary N) is 1. The molecule has 2 aromatic rings. The van der Waals surface area contributed by atoms with Crippen LogP contribution in [-0.2, 0) is 6.54 Å². The Kier molecular flexibility index (Phi) is 4.14. The van der Waals surface area contributed by atoms with Gasteiger partial charge in [-0.25, -0.2) is 9.78 Å². The van der Waals surface area contributed by atoms with Crippen LogP contribution in [0.5, 0.6) is 0 Å². The molecule has 5 nitrogen and oxygen atoms in total. The van der Waals surface area contributed by atoms with Gasteiger partial charge in [-0.15, -0.1) is 11.3 Å². The number of hydrogen-bond donors (Lipinski definition) is 2. The van der Waals surface area contributed by atoms with E-state index in [-0.39, 0.29) is 17.2 Å². The Morgan fingerprint density at radius 3 is 2.60 bits per heavy atom. The number of carboxylic acid groups (broad SMARTS) is 1. The summed E-state index contributed by atoms with van der Waals surface area (Å²) in [7, 11) is 0. The second kappa shape index (κ2) is 5.83. The van der Waals surface area contributed by atoms with Gasteiger partial charge in [-0.3, -0.25) is 4.79 Å². The zero-order valence-corrected chi connectivity index (χ0v) is 12.0. The van der Waals surface area contributed by atoms with Gasteiger partial charge < -0.3 is 10.4 Å². The molecular formula is C14H14N2O3S. The fraction of sp³-hybridized carbons (Fsp3) is 0.214. The third-order valence-corrected chi connectivity index (χ3v) is 3.95. The van der Waals surface area contributed by atoms with Crippen molar-refractivity contribution in [2.45, 2.75) is 20.4 Å².